The van der Waals surface area contributed by atoms with Crippen LogP contribution in [0.15, 0.2) is 55.0 Å². The molecule has 1 fully saturated rings. The van der Waals surface area contributed by atoms with Crippen LogP contribution >= 0.6 is 0 Å². The van der Waals surface area contributed by atoms with Gasteiger partial charge in [0.05, 0.1) is 23.8 Å². The summed E-state index contributed by atoms with van der Waals surface area (Å²) in [5.41, 5.74) is 4.73. The number of likely N-dealkylation sites (tertiary alicyclic amines) is 1. The molecule has 38 heavy (non-hydrogen) atoms. The Morgan fingerprint density at radius 1 is 1.05 bits per heavy atom. The second-order valence-electron chi connectivity index (χ2n) is 9.74. The van der Waals surface area contributed by atoms with Crippen LogP contribution in [0.4, 0.5) is 0 Å². The molecule has 10 heteroatoms. The van der Waals surface area contributed by atoms with E-state index >= 15 is 0 Å². The van der Waals surface area contributed by atoms with Gasteiger partial charge in [0.25, 0.3) is 11.8 Å². The smallest absolute Gasteiger partial charge is 0.335 e. The normalized spacial score (nSPS) is 18.5. The van der Waals surface area contributed by atoms with Crippen molar-refractivity contribution in [2.24, 2.45) is 0 Å². The molecule has 4 heterocycles. The van der Waals surface area contributed by atoms with Gasteiger partial charge in [-0.15, -0.1) is 0 Å². The van der Waals surface area contributed by atoms with Crippen molar-refractivity contribution in [1.82, 2.24) is 29.8 Å². The highest BCUT2D eigenvalue weighted by Crippen LogP contribution is 2.35. The Labute approximate surface area is 218 Å². The quantitative estimate of drug-likeness (QED) is 0.420. The number of fused-ring (bicyclic) bond motifs is 2. The number of nitrogens with one attached hydrogen (secondary N) is 1. The van der Waals surface area contributed by atoms with E-state index < -0.39 is 5.97 Å². The van der Waals surface area contributed by atoms with Crippen LogP contribution in [0.3, 0.4) is 0 Å². The summed E-state index contributed by atoms with van der Waals surface area (Å²) in [6, 6.07) is 10.0. The van der Waals surface area contributed by atoms with E-state index in [0.717, 1.165) is 35.1 Å². The van der Waals surface area contributed by atoms with Gasteiger partial charge < -0.3 is 15.3 Å². The zero-order valence-electron chi connectivity index (χ0n) is 20.8. The van der Waals surface area contributed by atoms with Gasteiger partial charge in [-0.05, 0) is 73.1 Å². The number of carbonyl (C=O) groups excluding carboxylic acids is 2. The van der Waals surface area contributed by atoms with Crippen molar-refractivity contribution in [1.29, 1.82) is 0 Å². The molecule has 4 aromatic rings. The van der Waals surface area contributed by atoms with Crippen LogP contribution in [-0.4, -0.2) is 53.9 Å². The first kappa shape index (κ1) is 23.8. The molecular weight excluding hydrogens is 484 g/mol. The fraction of sp³-hybridized carbons (Fsp3) is 0.286. The van der Waals surface area contributed by atoms with E-state index in [4.69, 9.17) is 0 Å². The average molecular weight is 511 g/mol. The van der Waals surface area contributed by atoms with Crippen molar-refractivity contribution in [3.63, 3.8) is 0 Å². The topological polar surface area (TPSA) is 130 Å². The van der Waals surface area contributed by atoms with Crippen molar-refractivity contribution in [2.45, 2.75) is 44.7 Å². The van der Waals surface area contributed by atoms with Crippen LogP contribution in [0.2, 0.25) is 0 Å². The van der Waals surface area contributed by atoms with Crippen LogP contribution < -0.4 is 5.32 Å². The molecule has 0 saturated carbocycles. The first-order valence-electron chi connectivity index (χ1n) is 12.6. The minimum Gasteiger partial charge on any atom is -0.478 e. The Morgan fingerprint density at radius 2 is 1.87 bits per heavy atom. The standard InChI is InChI=1S/C28H26N6O4/c1-16-18-6-7-21(20(18)5-4-19(16)28(37)38)32-26(35)24-15-22(31-25-10-13-30-34(24)25)27(36)33-14-2-3-23(33)17-8-11-29-12-9-17/h4-5,8-13,15,21,23H,2-3,6-7,14H2,1H3,(H,32,35)(H,37,38)/t21-,23?/m0/s1. The van der Waals surface area contributed by atoms with Crippen molar-refractivity contribution in [3.05, 3.63) is 94.2 Å². The van der Waals surface area contributed by atoms with Gasteiger partial charge in [-0.2, -0.15) is 5.10 Å². The maximum Gasteiger partial charge on any atom is 0.335 e. The van der Waals surface area contributed by atoms with Crippen molar-refractivity contribution < 1.29 is 19.5 Å². The number of rotatable bonds is 5. The third kappa shape index (κ3) is 3.98. The molecule has 2 N–H and O–H groups in total. The minimum atomic E-state index is -0.961. The highest BCUT2D eigenvalue weighted by atomic mass is 16.4. The highest BCUT2D eigenvalue weighted by molar-refractivity contribution is 5.98. The molecule has 1 saturated heterocycles. The third-order valence-corrected chi connectivity index (χ3v) is 7.64. The van der Waals surface area contributed by atoms with Crippen LogP contribution in [0.5, 0.6) is 0 Å². The lowest BCUT2D eigenvalue weighted by atomic mass is 9.98. The van der Waals surface area contributed by atoms with Gasteiger partial charge in [-0.25, -0.2) is 14.3 Å². The molecule has 0 bridgehead atoms. The van der Waals surface area contributed by atoms with Crippen LogP contribution in [0.25, 0.3) is 5.65 Å². The van der Waals surface area contributed by atoms with Gasteiger partial charge in [0.15, 0.2) is 5.65 Å². The fourth-order valence-corrected chi connectivity index (χ4v) is 5.77. The van der Waals surface area contributed by atoms with E-state index in [0.29, 0.717) is 25.0 Å². The summed E-state index contributed by atoms with van der Waals surface area (Å²) in [6.45, 7) is 2.41. The Hall–Kier alpha value is -4.60. The predicted molar refractivity (Wildman–Crippen MR) is 137 cm³/mol. The van der Waals surface area contributed by atoms with Gasteiger partial charge >= 0.3 is 5.97 Å². The summed E-state index contributed by atoms with van der Waals surface area (Å²) in [4.78, 5) is 49.1. The molecule has 0 spiro atoms. The number of carboxylic acid groups (broad SMARTS) is 1. The van der Waals surface area contributed by atoms with E-state index in [9.17, 15) is 19.5 Å². The number of carbonyl (C=O) groups is 3. The Morgan fingerprint density at radius 3 is 2.66 bits per heavy atom. The predicted octanol–water partition coefficient (Wildman–Crippen LogP) is 3.53. The molecule has 0 radical (unpaired) electrons. The lowest BCUT2D eigenvalue weighted by Gasteiger charge is -2.25. The number of aromatic carboxylic acids is 1. The van der Waals surface area contributed by atoms with Crippen molar-refractivity contribution in [2.75, 3.05) is 6.54 Å². The molecule has 10 nitrogen and oxygen atoms in total. The second kappa shape index (κ2) is 9.37. The lowest BCUT2D eigenvalue weighted by Crippen LogP contribution is -2.33. The minimum absolute atomic E-state index is 0.0698. The molecule has 2 aliphatic rings. The fourth-order valence-electron chi connectivity index (χ4n) is 5.77. The first-order chi connectivity index (χ1) is 18.4. The van der Waals surface area contributed by atoms with Crippen LogP contribution in [0, 0.1) is 6.92 Å². The van der Waals surface area contributed by atoms with Gasteiger partial charge in [0.1, 0.15) is 11.4 Å². The summed E-state index contributed by atoms with van der Waals surface area (Å²) in [5, 5.41) is 16.8. The molecule has 2 atom stereocenters. The molecule has 1 unspecified atom stereocenters. The molecule has 192 valence electrons. The first-order valence-corrected chi connectivity index (χ1v) is 12.6. The van der Waals surface area contributed by atoms with Gasteiger partial charge in [0.2, 0.25) is 0 Å². The molecular formula is C28H26N6O4. The Kier molecular flexibility index (Phi) is 5.86. The Balaban J connectivity index is 1.30. The van der Waals surface area contributed by atoms with Crippen LogP contribution in [0.1, 0.15) is 84.9 Å². The van der Waals surface area contributed by atoms with Crippen molar-refractivity contribution >= 4 is 23.4 Å². The average Bonchev–Trinajstić information content (AvgIpc) is 3.68. The maximum absolute atomic E-state index is 13.6. The number of pyridine rings is 1. The van der Waals surface area contributed by atoms with E-state index in [1.54, 1.807) is 43.7 Å². The van der Waals surface area contributed by atoms with Gasteiger partial charge in [0, 0.05) is 31.1 Å². The molecule has 3 aromatic heterocycles. The van der Waals surface area contributed by atoms with Crippen molar-refractivity contribution in [3.8, 4) is 0 Å². The highest BCUT2D eigenvalue weighted by Gasteiger charge is 2.33. The zero-order valence-corrected chi connectivity index (χ0v) is 20.8. The number of aromatic nitrogens is 4. The van der Waals surface area contributed by atoms with E-state index in [-0.39, 0.29) is 40.8 Å². The largest absolute Gasteiger partial charge is 0.478 e. The summed E-state index contributed by atoms with van der Waals surface area (Å²) in [6.07, 6.45) is 8.06. The number of hydrogen-bond acceptors (Lipinski definition) is 6. The number of nitrogens with zero attached hydrogens (tertiary/aromatic N) is 5. The molecule has 1 aliphatic carbocycles. The third-order valence-electron chi connectivity index (χ3n) is 7.64. The summed E-state index contributed by atoms with van der Waals surface area (Å²) in [7, 11) is 0. The monoisotopic (exact) mass is 510 g/mol. The van der Waals surface area contributed by atoms with Gasteiger partial charge in [-0.1, -0.05) is 6.07 Å². The summed E-state index contributed by atoms with van der Waals surface area (Å²) >= 11 is 0. The number of benzene rings is 1. The van der Waals surface area contributed by atoms with Crippen LogP contribution in [-0.2, 0) is 6.42 Å². The zero-order chi connectivity index (χ0) is 26.4. The summed E-state index contributed by atoms with van der Waals surface area (Å²) < 4.78 is 1.44. The number of amides is 2. The molecule has 2 amide bonds. The van der Waals surface area contributed by atoms with E-state index in [2.05, 4.69) is 20.4 Å². The molecule has 1 aromatic carbocycles. The van der Waals surface area contributed by atoms with E-state index in [1.165, 1.54) is 10.6 Å². The second-order valence-corrected chi connectivity index (χ2v) is 9.74. The number of carboxylic acids is 1. The SMILES string of the molecule is Cc1c(C(=O)O)ccc2c1CC[C@@H]2NC(=O)c1cc(C(=O)N2CCCC2c2ccncc2)nc2ccnn12. The maximum atomic E-state index is 13.6. The van der Waals surface area contributed by atoms with Gasteiger partial charge in [-0.3, -0.25) is 14.6 Å². The summed E-state index contributed by atoms with van der Waals surface area (Å²) in [5.74, 6) is -1.57. The Bertz CT molecular complexity index is 1580. The molecule has 6 rings (SSSR count). The van der Waals surface area contributed by atoms with E-state index in [1.807, 2.05) is 17.0 Å². The molecule has 1 aliphatic heterocycles. The number of hydrogen-bond donors (Lipinski definition) is 2. The lowest BCUT2D eigenvalue weighted by molar-refractivity contribution is 0.0693.